The van der Waals surface area contributed by atoms with Crippen molar-refractivity contribution in [3.05, 3.63) is 0 Å². The predicted octanol–water partition coefficient (Wildman–Crippen LogP) is 0.376. The van der Waals surface area contributed by atoms with Gasteiger partial charge in [0, 0.05) is 13.1 Å². The van der Waals surface area contributed by atoms with E-state index in [0.717, 1.165) is 39.1 Å². The Morgan fingerprint density at radius 3 is 2.53 bits per heavy atom. The summed E-state index contributed by atoms with van der Waals surface area (Å²) in [6.07, 6.45) is 3.58. The molecule has 2 aliphatic rings. The summed E-state index contributed by atoms with van der Waals surface area (Å²) in [5.74, 6) is 0.251. The third kappa shape index (κ3) is 2.69. The average Bonchev–Trinajstić information content (AvgIpc) is 2.23. The molecule has 0 radical (unpaired) electrons. The number of hydrogen-bond donors (Lipinski definition) is 1. The van der Waals surface area contributed by atoms with Crippen LogP contribution in [-0.4, -0.2) is 49.2 Å². The predicted molar refractivity (Wildman–Crippen MR) is 57.6 cm³/mol. The Labute approximate surface area is 91.0 Å². The maximum absolute atomic E-state index is 12.0. The normalized spacial score (nSPS) is 24.7. The second-order valence-corrected chi connectivity index (χ2v) is 4.51. The van der Waals surface area contributed by atoms with Gasteiger partial charge in [0.05, 0.1) is 25.3 Å². The van der Waals surface area contributed by atoms with Gasteiger partial charge in [-0.2, -0.15) is 0 Å². The molecular weight excluding hydrogens is 192 g/mol. The Bertz CT molecular complexity index is 223. The van der Waals surface area contributed by atoms with Crippen molar-refractivity contribution in [2.24, 2.45) is 0 Å². The molecule has 0 aromatic heterocycles. The lowest BCUT2D eigenvalue weighted by Crippen LogP contribution is -2.55. The van der Waals surface area contributed by atoms with E-state index in [1.54, 1.807) is 0 Å². The van der Waals surface area contributed by atoms with E-state index < -0.39 is 0 Å². The van der Waals surface area contributed by atoms with Gasteiger partial charge in [0.1, 0.15) is 0 Å². The highest BCUT2D eigenvalue weighted by molar-refractivity contribution is 5.81. The van der Waals surface area contributed by atoms with Crippen molar-refractivity contribution in [2.45, 2.75) is 38.3 Å². The van der Waals surface area contributed by atoms with Gasteiger partial charge in [-0.25, -0.2) is 0 Å². The van der Waals surface area contributed by atoms with Gasteiger partial charge in [-0.15, -0.1) is 0 Å². The van der Waals surface area contributed by atoms with Crippen LogP contribution in [0.1, 0.15) is 26.2 Å². The topological polar surface area (TPSA) is 41.6 Å². The summed E-state index contributed by atoms with van der Waals surface area (Å²) in [5.41, 5.74) is 0. The molecule has 2 heterocycles. The molecule has 2 aliphatic heterocycles. The third-order valence-corrected chi connectivity index (χ3v) is 3.16. The molecule has 1 atom stereocenters. The molecule has 2 rings (SSSR count). The van der Waals surface area contributed by atoms with Crippen LogP contribution in [0.2, 0.25) is 0 Å². The highest BCUT2D eigenvalue weighted by atomic mass is 16.5. The van der Waals surface area contributed by atoms with Crippen LogP contribution in [0.4, 0.5) is 0 Å². The quantitative estimate of drug-likeness (QED) is 0.735. The summed E-state index contributed by atoms with van der Waals surface area (Å²) in [6, 6.07) is 0.325. The standard InChI is InChI=1S/C11H20N2O2/c1-9(12-10-7-15-8-10)11(14)13-5-3-2-4-6-13/h9-10,12H,2-8H2,1H3. The first-order chi connectivity index (χ1) is 7.27. The molecule has 0 aliphatic carbocycles. The molecule has 86 valence electrons. The number of carbonyl (C=O) groups is 1. The van der Waals surface area contributed by atoms with Crippen molar-refractivity contribution >= 4 is 5.91 Å². The highest BCUT2D eigenvalue weighted by Gasteiger charge is 2.26. The minimum Gasteiger partial charge on any atom is -0.378 e. The molecule has 0 spiro atoms. The van der Waals surface area contributed by atoms with Crippen molar-refractivity contribution < 1.29 is 9.53 Å². The molecule has 2 fully saturated rings. The molecule has 4 nitrogen and oxygen atoms in total. The summed E-state index contributed by atoms with van der Waals surface area (Å²) in [6.45, 7) is 5.32. The van der Waals surface area contributed by atoms with E-state index in [0.29, 0.717) is 6.04 Å². The van der Waals surface area contributed by atoms with Crippen molar-refractivity contribution in [1.82, 2.24) is 10.2 Å². The van der Waals surface area contributed by atoms with E-state index in [4.69, 9.17) is 4.74 Å². The minimum absolute atomic E-state index is 0.0583. The van der Waals surface area contributed by atoms with E-state index in [1.165, 1.54) is 6.42 Å². The smallest absolute Gasteiger partial charge is 0.239 e. The monoisotopic (exact) mass is 212 g/mol. The van der Waals surface area contributed by atoms with Gasteiger partial charge in [-0.05, 0) is 26.2 Å². The third-order valence-electron chi connectivity index (χ3n) is 3.16. The molecular formula is C11H20N2O2. The van der Waals surface area contributed by atoms with Gasteiger partial charge in [-0.1, -0.05) is 0 Å². The fourth-order valence-corrected chi connectivity index (χ4v) is 2.14. The molecule has 1 N–H and O–H groups in total. The fraction of sp³-hybridized carbons (Fsp3) is 0.909. The van der Waals surface area contributed by atoms with Crippen LogP contribution in [0.25, 0.3) is 0 Å². The van der Waals surface area contributed by atoms with Crippen molar-refractivity contribution in [1.29, 1.82) is 0 Å². The number of nitrogens with one attached hydrogen (secondary N) is 1. The fourth-order valence-electron chi connectivity index (χ4n) is 2.14. The first kappa shape index (κ1) is 10.9. The highest BCUT2D eigenvalue weighted by Crippen LogP contribution is 2.10. The van der Waals surface area contributed by atoms with Crippen LogP contribution < -0.4 is 5.32 Å². The van der Waals surface area contributed by atoms with Gasteiger partial charge in [-0.3, -0.25) is 10.1 Å². The number of carbonyl (C=O) groups excluding carboxylic acids is 1. The van der Waals surface area contributed by atoms with Gasteiger partial charge in [0.25, 0.3) is 0 Å². The summed E-state index contributed by atoms with van der Waals surface area (Å²) in [7, 11) is 0. The van der Waals surface area contributed by atoms with Crippen molar-refractivity contribution in [3.63, 3.8) is 0 Å². The zero-order chi connectivity index (χ0) is 10.7. The van der Waals surface area contributed by atoms with Gasteiger partial charge in [0.15, 0.2) is 0 Å². The maximum Gasteiger partial charge on any atom is 0.239 e. The first-order valence-electron chi connectivity index (χ1n) is 5.90. The van der Waals surface area contributed by atoms with E-state index in [2.05, 4.69) is 5.32 Å². The molecule has 0 aromatic carbocycles. The van der Waals surface area contributed by atoms with Crippen LogP contribution in [0.3, 0.4) is 0 Å². The second-order valence-electron chi connectivity index (χ2n) is 4.51. The van der Waals surface area contributed by atoms with Crippen molar-refractivity contribution in [2.75, 3.05) is 26.3 Å². The van der Waals surface area contributed by atoms with Crippen LogP contribution in [0, 0.1) is 0 Å². The molecule has 1 unspecified atom stereocenters. The van der Waals surface area contributed by atoms with Crippen molar-refractivity contribution in [3.8, 4) is 0 Å². The summed E-state index contributed by atoms with van der Waals surface area (Å²) in [5, 5.41) is 3.30. The molecule has 0 saturated carbocycles. The van der Waals surface area contributed by atoms with E-state index in [-0.39, 0.29) is 11.9 Å². The lowest BCUT2D eigenvalue weighted by molar-refractivity contribution is -0.135. The summed E-state index contributed by atoms with van der Waals surface area (Å²) >= 11 is 0. The Morgan fingerprint density at radius 2 is 2.00 bits per heavy atom. The molecule has 4 heteroatoms. The Hall–Kier alpha value is -0.610. The summed E-state index contributed by atoms with van der Waals surface area (Å²) in [4.78, 5) is 14.0. The van der Waals surface area contributed by atoms with Gasteiger partial charge >= 0.3 is 0 Å². The maximum atomic E-state index is 12.0. The van der Waals surface area contributed by atoms with Crippen LogP contribution in [-0.2, 0) is 9.53 Å². The number of hydrogen-bond acceptors (Lipinski definition) is 3. The van der Waals surface area contributed by atoms with Gasteiger partial charge in [0.2, 0.25) is 5.91 Å². The Balaban J connectivity index is 1.77. The van der Waals surface area contributed by atoms with Crippen LogP contribution in [0.5, 0.6) is 0 Å². The Morgan fingerprint density at radius 1 is 1.33 bits per heavy atom. The number of piperidine rings is 1. The zero-order valence-electron chi connectivity index (χ0n) is 9.37. The number of rotatable bonds is 3. The molecule has 15 heavy (non-hydrogen) atoms. The van der Waals surface area contributed by atoms with Crippen LogP contribution >= 0.6 is 0 Å². The molecule has 0 bridgehead atoms. The lowest BCUT2D eigenvalue weighted by Gasteiger charge is -2.33. The van der Waals surface area contributed by atoms with E-state index in [1.807, 2.05) is 11.8 Å². The molecule has 2 saturated heterocycles. The van der Waals surface area contributed by atoms with Gasteiger partial charge < -0.3 is 9.64 Å². The molecule has 1 amide bonds. The largest absolute Gasteiger partial charge is 0.378 e. The number of ether oxygens (including phenoxy) is 1. The number of nitrogens with zero attached hydrogens (tertiary/aromatic N) is 1. The SMILES string of the molecule is CC(NC1COC1)C(=O)N1CCCCC1. The zero-order valence-corrected chi connectivity index (χ0v) is 9.37. The molecule has 0 aromatic rings. The second kappa shape index (κ2) is 4.94. The first-order valence-corrected chi connectivity index (χ1v) is 5.90. The average molecular weight is 212 g/mol. The number of amides is 1. The summed E-state index contributed by atoms with van der Waals surface area (Å²) < 4.78 is 5.07. The lowest BCUT2D eigenvalue weighted by atomic mass is 10.1. The number of likely N-dealkylation sites (tertiary alicyclic amines) is 1. The minimum atomic E-state index is -0.0583. The van der Waals surface area contributed by atoms with E-state index in [9.17, 15) is 4.79 Å². The van der Waals surface area contributed by atoms with Crippen LogP contribution in [0.15, 0.2) is 0 Å². The van der Waals surface area contributed by atoms with E-state index >= 15 is 0 Å². The Kier molecular flexibility index (Phi) is 3.59.